The van der Waals surface area contributed by atoms with Crippen LogP contribution >= 0.6 is 0 Å². The Bertz CT molecular complexity index is 673. The van der Waals surface area contributed by atoms with Gasteiger partial charge in [0.2, 0.25) is 0 Å². The topological polar surface area (TPSA) is 111 Å². The zero-order valence-corrected chi connectivity index (χ0v) is 15.6. The van der Waals surface area contributed by atoms with Gasteiger partial charge in [0, 0.05) is 32.8 Å². The van der Waals surface area contributed by atoms with Crippen molar-refractivity contribution >= 4 is 23.3 Å². The summed E-state index contributed by atoms with van der Waals surface area (Å²) < 4.78 is 10.1. The first-order valence-electron chi connectivity index (χ1n) is 8.89. The summed E-state index contributed by atoms with van der Waals surface area (Å²) in [5.41, 5.74) is 0.611. The smallest absolute Gasteiger partial charge is 0.309 e. The lowest BCUT2D eigenvalue weighted by Gasteiger charge is -2.32. The van der Waals surface area contributed by atoms with Crippen LogP contribution in [0.25, 0.3) is 0 Å². The monoisotopic (exact) mass is 379 g/mol. The first-order valence-corrected chi connectivity index (χ1v) is 8.89. The molecule has 1 atom stereocenters. The molecule has 0 aromatic heterocycles. The molecule has 9 heteroatoms. The van der Waals surface area contributed by atoms with Crippen LogP contribution < -0.4 is 10.2 Å². The quantitative estimate of drug-likeness (QED) is 0.315. The number of hydrogen-bond donors (Lipinski definition) is 1. The number of nitrogens with one attached hydrogen (secondary N) is 1. The molecule has 0 saturated carbocycles. The third-order valence-electron chi connectivity index (χ3n) is 4.51. The number of nitro benzene ring substituents is 1. The van der Waals surface area contributed by atoms with Crippen molar-refractivity contribution in [2.24, 2.45) is 5.92 Å². The molecular weight excluding hydrogens is 354 g/mol. The Morgan fingerprint density at radius 3 is 2.63 bits per heavy atom. The summed E-state index contributed by atoms with van der Waals surface area (Å²) in [6.07, 6.45) is 0.161. The SMILES string of the molecule is COCCNC(=O)[C@@H](C)OC(=O)C1CCN(c2ccccc2[N+](=O)[O-])CC1. The molecule has 9 nitrogen and oxygen atoms in total. The average molecular weight is 379 g/mol. The highest BCUT2D eigenvalue weighted by Crippen LogP contribution is 2.31. The third-order valence-corrected chi connectivity index (χ3v) is 4.51. The normalized spacial score (nSPS) is 15.9. The maximum absolute atomic E-state index is 12.3. The Kier molecular flexibility index (Phi) is 7.54. The number of esters is 1. The van der Waals surface area contributed by atoms with Crippen molar-refractivity contribution in [2.75, 3.05) is 38.3 Å². The van der Waals surface area contributed by atoms with Gasteiger partial charge in [0.15, 0.2) is 6.10 Å². The molecule has 1 aliphatic rings. The van der Waals surface area contributed by atoms with Gasteiger partial charge in [-0.1, -0.05) is 12.1 Å². The molecule has 0 aliphatic carbocycles. The number of anilines is 1. The standard InChI is InChI=1S/C18H25N3O6/c1-13(17(22)19-9-12-26-2)27-18(23)14-7-10-20(11-8-14)15-5-3-4-6-16(15)21(24)25/h3-6,13-14H,7-12H2,1-2H3,(H,19,22)/t13-/m1/s1. The second kappa shape index (κ2) is 9.86. The second-order valence-electron chi connectivity index (χ2n) is 6.37. The Morgan fingerprint density at radius 1 is 1.33 bits per heavy atom. The van der Waals surface area contributed by atoms with Crippen molar-refractivity contribution in [3.8, 4) is 0 Å². The van der Waals surface area contributed by atoms with Gasteiger partial charge < -0.3 is 19.7 Å². The van der Waals surface area contributed by atoms with Crippen LogP contribution in [0.2, 0.25) is 0 Å². The minimum atomic E-state index is -0.873. The van der Waals surface area contributed by atoms with Crippen LogP contribution in [0.4, 0.5) is 11.4 Å². The number of carbonyl (C=O) groups excluding carboxylic acids is 2. The molecule has 1 aliphatic heterocycles. The maximum Gasteiger partial charge on any atom is 0.309 e. The van der Waals surface area contributed by atoms with Crippen molar-refractivity contribution in [1.29, 1.82) is 0 Å². The molecule has 0 radical (unpaired) electrons. The van der Waals surface area contributed by atoms with Crippen LogP contribution in [-0.4, -0.2) is 56.3 Å². The summed E-state index contributed by atoms with van der Waals surface area (Å²) in [4.78, 5) is 36.8. The third kappa shape index (κ3) is 5.65. The molecule has 148 valence electrons. The molecule has 1 heterocycles. The van der Waals surface area contributed by atoms with Gasteiger partial charge in [-0.15, -0.1) is 0 Å². The molecule has 27 heavy (non-hydrogen) atoms. The Morgan fingerprint density at radius 2 is 2.00 bits per heavy atom. The molecule has 0 bridgehead atoms. The largest absolute Gasteiger partial charge is 0.452 e. The van der Waals surface area contributed by atoms with Crippen molar-refractivity contribution in [3.05, 3.63) is 34.4 Å². The lowest BCUT2D eigenvalue weighted by atomic mass is 9.96. The molecule has 1 aromatic carbocycles. The summed E-state index contributed by atoms with van der Waals surface area (Å²) in [7, 11) is 1.53. The summed E-state index contributed by atoms with van der Waals surface area (Å²) in [5.74, 6) is -1.09. The number of methoxy groups -OCH3 is 1. The van der Waals surface area contributed by atoms with E-state index in [4.69, 9.17) is 9.47 Å². The Balaban J connectivity index is 1.85. The molecule has 0 spiro atoms. The van der Waals surface area contributed by atoms with Gasteiger partial charge in [-0.2, -0.15) is 0 Å². The van der Waals surface area contributed by atoms with E-state index >= 15 is 0 Å². The number of piperidine rings is 1. The predicted octanol–water partition coefficient (Wildman–Crippen LogP) is 1.51. The highest BCUT2D eigenvalue weighted by atomic mass is 16.6. The van der Waals surface area contributed by atoms with Crippen molar-refractivity contribution in [1.82, 2.24) is 5.32 Å². The molecule has 1 fully saturated rings. The first-order chi connectivity index (χ1) is 12.9. The molecule has 1 amide bonds. The predicted molar refractivity (Wildman–Crippen MR) is 98.5 cm³/mol. The van der Waals surface area contributed by atoms with Crippen LogP contribution in [0.3, 0.4) is 0 Å². The van der Waals surface area contributed by atoms with E-state index in [0.29, 0.717) is 44.8 Å². The molecular formula is C18H25N3O6. The van der Waals surface area contributed by atoms with E-state index in [-0.39, 0.29) is 17.5 Å². The van der Waals surface area contributed by atoms with E-state index in [1.807, 2.05) is 4.90 Å². The van der Waals surface area contributed by atoms with E-state index in [2.05, 4.69) is 5.32 Å². The van der Waals surface area contributed by atoms with Crippen molar-refractivity contribution in [3.63, 3.8) is 0 Å². The highest BCUT2D eigenvalue weighted by molar-refractivity contribution is 5.84. The summed E-state index contributed by atoms with van der Waals surface area (Å²) >= 11 is 0. The van der Waals surface area contributed by atoms with Gasteiger partial charge in [0.05, 0.1) is 17.4 Å². The van der Waals surface area contributed by atoms with E-state index in [1.165, 1.54) is 20.1 Å². The van der Waals surface area contributed by atoms with E-state index in [0.717, 1.165) is 0 Å². The summed E-state index contributed by atoms with van der Waals surface area (Å²) in [5, 5.41) is 13.8. The number of para-hydroxylation sites is 2. The Labute approximate surface area is 157 Å². The Hall–Kier alpha value is -2.68. The van der Waals surface area contributed by atoms with Crippen LogP contribution in [0.15, 0.2) is 24.3 Å². The number of carbonyl (C=O) groups is 2. The minimum absolute atomic E-state index is 0.0554. The fourth-order valence-electron chi connectivity index (χ4n) is 2.99. The lowest BCUT2D eigenvalue weighted by molar-refractivity contribution is -0.384. The van der Waals surface area contributed by atoms with Crippen LogP contribution in [-0.2, 0) is 19.1 Å². The van der Waals surface area contributed by atoms with Crippen LogP contribution in [0, 0.1) is 16.0 Å². The summed E-state index contributed by atoms with van der Waals surface area (Å²) in [6.45, 7) is 3.29. The van der Waals surface area contributed by atoms with E-state index < -0.39 is 17.0 Å². The van der Waals surface area contributed by atoms with Gasteiger partial charge >= 0.3 is 5.97 Å². The minimum Gasteiger partial charge on any atom is -0.452 e. The average Bonchev–Trinajstić information content (AvgIpc) is 2.68. The number of ether oxygens (including phenoxy) is 2. The molecule has 0 unspecified atom stereocenters. The highest BCUT2D eigenvalue weighted by Gasteiger charge is 2.30. The van der Waals surface area contributed by atoms with E-state index in [1.54, 1.807) is 18.2 Å². The number of nitro groups is 1. The van der Waals surface area contributed by atoms with Gasteiger partial charge in [0.25, 0.3) is 11.6 Å². The maximum atomic E-state index is 12.3. The first kappa shape index (κ1) is 20.6. The van der Waals surface area contributed by atoms with Gasteiger partial charge in [0.1, 0.15) is 5.69 Å². The van der Waals surface area contributed by atoms with Crippen molar-refractivity contribution < 1.29 is 24.0 Å². The fourth-order valence-corrected chi connectivity index (χ4v) is 2.99. The molecule has 1 N–H and O–H groups in total. The van der Waals surface area contributed by atoms with Crippen LogP contribution in [0.1, 0.15) is 19.8 Å². The number of nitrogens with zero attached hydrogens (tertiary/aromatic N) is 2. The molecule has 1 aromatic rings. The molecule has 1 saturated heterocycles. The van der Waals surface area contributed by atoms with E-state index in [9.17, 15) is 19.7 Å². The number of amides is 1. The number of rotatable bonds is 8. The zero-order valence-electron chi connectivity index (χ0n) is 15.6. The van der Waals surface area contributed by atoms with Gasteiger partial charge in [-0.3, -0.25) is 19.7 Å². The number of benzene rings is 1. The number of hydrogen-bond acceptors (Lipinski definition) is 7. The van der Waals surface area contributed by atoms with Crippen LogP contribution in [0.5, 0.6) is 0 Å². The molecule has 2 rings (SSSR count). The zero-order chi connectivity index (χ0) is 19.8. The summed E-state index contributed by atoms with van der Waals surface area (Å²) in [6, 6.07) is 6.57. The van der Waals surface area contributed by atoms with Gasteiger partial charge in [-0.05, 0) is 25.8 Å². The fraction of sp³-hybridized carbons (Fsp3) is 0.556. The van der Waals surface area contributed by atoms with Gasteiger partial charge in [-0.25, -0.2) is 0 Å². The lowest BCUT2D eigenvalue weighted by Crippen LogP contribution is -2.41. The second-order valence-corrected chi connectivity index (χ2v) is 6.37. The van der Waals surface area contributed by atoms with Crippen molar-refractivity contribution in [2.45, 2.75) is 25.9 Å².